The van der Waals surface area contributed by atoms with E-state index in [0.29, 0.717) is 19.6 Å². The van der Waals surface area contributed by atoms with Crippen LogP contribution in [0, 0.1) is 0 Å². The van der Waals surface area contributed by atoms with Gasteiger partial charge in [-0.2, -0.15) is 0 Å². The minimum absolute atomic E-state index is 0.00843. The van der Waals surface area contributed by atoms with Crippen molar-refractivity contribution in [3.05, 3.63) is 12.2 Å². The fraction of sp³-hybridized carbons (Fsp3) is 0.914. The molecule has 0 aliphatic heterocycles. The molecule has 0 radical (unpaired) electrons. The lowest BCUT2D eigenvalue weighted by molar-refractivity contribution is -0.143. The molecule has 0 unspecified atom stereocenters. The highest BCUT2D eigenvalue weighted by Crippen LogP contribution is 2.14. The van der Waals surface area contributed by atoms with E-state index in [1.54, 1.807) is 0 Å². The lowest BCUT2D eigenvalue weighted by Crippen LogP contribution is -2.05. The summed E-state index contributed by atoms with van der Waals surface area (Å²) < 4.78 is 5.42. The van der Waals surface area contributed by atoms with Crippen molar-refractivity contribution in [2.24, 2.45) is 0 Å². The van der Waals surface area contributed by atoms with E-state index in [4.69, 9.17) is 9.84 Å². The number of hydrogen-bond acceptors (Lipinski definition) is 3. The van der Waals surface area contributed by atoms with Gasteiger partial charge in [0.25, 0.3) is 0 Å². The van der Waals surface area contributed by atoms with Crippen LogP contribution >= 0.6 is 0 Å². The number of aliphatic hydroxyl groups excluding tert-OH is 1. The molecule has 0 aliphatic carbocycles. The fourth-order valence-electron chi connectivity index (χ4n) is 5.11. The van der Waals surface area contributed by atoms with Gasteiger partial charge in [-0.1, -0.05) is 154 Å². The molecule has 0 aromatic rings. The standard InChI is InChI=1S/C35H68O3/c1-2-3-4-5-6-7-8-9-10-11-12-14-17-20-23-26-29-32-35(37)38-34-31-28-25-22-19-16-13-15-18-21-24-27-30-33-36/h9-10,36H,2-8,11-34H2,1H3. The predicted octanol–water partition coefficient (Wildman–Crippen LogP) is 11.4. The van der Waals surface area contributed by atoms with Crippen molar-refractivity contribution in [2.45, 2.75) is 193 Å². The first-order valence-corrected chi connectivity index (χ1v) is 17.2. The first-order chi connectivity index (χ1) is 18.8. The topological polar surface area (TPSA) is 46.5 Å². The summed E-state index contributed by atoms with van der Waals surface area (Å²) in [5.74, 6) is 0.00843. The number of rotatable bonds is 32. The Bertz CT molecular complexity index is 474. The normalized spacial score (nSPS) is 11.5. The van der Waals surface area contributed by atoms with Crippen molar-refractivity contribution in [2.75, 3.05) is 13.2 Å². The van der Waals surface area contributed by atoms with Crippen LogP contribution in [0.5, 0.6) is 0 Å². The quantitative estimate of drug-likeness (QED) is 0.0528. The van der Waals surface area contributed by atoms with Crippen molar-refractivity contribution in [1.29, 1.82) is 0 Å². The van der Waals surface area contributed by atoms with E-state index in [-0.39, 0.29) is 5.97 Å². The van der Waals surface area contributed by atoms with Crippen molar-refractivity contribution in [1.82, 2.24) is 0 Å². The number of carbonyl (C=O) groups is 1. The Morgan fingerprint density at radius 1 is 0.500 bits per heavy atom. The van der Waals surface area contributed by atoms with Crippen LogP contribution in [0.15, 0.2) is 12.2 Å². The molecule has 3 nitrogen and oxygen atoms in total. The zero-order valence-corrected chi connectivity index (χ0v) is 25.8. The fourth-order valence-corrected chi connectivity index (χ4v) is 5.11. The Morgan fingerprint density at radius 2 is 0.868 bits per heavy atom. The molecule has 0 aliphatic rings. The lowest BCUT2D eigenvalue weighted by atomic mass is 10.0. The van der Waals surface area contributed by atoms with E-state index in [1.807, 2.05) is 0 Å². The van der Waals surface area contributed by atoms with Crippen LogP contribution in [0.3, 0.4) is 0 Å². The van der Waals surface area contributed by atoms with E-state index in [9.17, 15) is 4.79 Å². The van der Waals surface area contributed by atoms with Crippen molar-refractivity contribution in [3.8, 4) is 0 Å². The van der Waals surface area contributed by atoms with Crippen LogP contribution in [-0.4, -0.2) is 24.3 Å². The summed E-state index contributed by atoms with van der Waals surface area (Å²) in [5.41, 5.74) is 0. The highest BCUT2D eigenvalue weighted by Gasteiger charge is 2.02. The molecule has 0 heterocycles. The van der Waals surface area contributed by atoms with Crippen LogP contribution in [0.4, 0.5) is 0 Å². The maximum atomic E-state index is 11.9. The third kappa shape index (κ3) is 33.2. The maximum absolute atomic E-state index is 11.9. The largest absolute Gasteiger partial charge is 0.466 e. The highest BCUT2D eigenvalue weighted by molar-refractivity contribution is 5.69. The van der Waals surface area contributed by atoms with E-state index in [1.165, 1.54) is 154 Å². The second kappa shape index (κ2) is 34.2. The molecule has 3 heteroatoms. The van der Waals surface area contributed by atoms with Gasteiger partial charge in [0.1, 0.15) is 0 Å². The molecule has 0 spiro atoms. The van der Waals surface area contributed by atoms with Gasteiger partial charge in [-0.05, 0) is 44.9 Å². The van der Waals surface area contributed by atoms with Crippen LogP contribution in [0.25, 0.3) is 0 Å². The number of ether oxygens (including phenoxy) is 1. The summed E-state index contributed by atoms with van der Waals surface area (Å²) in [5, 5.41) is 8.77. The maximum Gasteiger partial charge on any atom is 0.305 e. The van der Waals surface area contributed by atoms with Crippen molar-refractivity contribution < 1.29 is 14.6 Å². The van der Waals surface area contributed by atoms with Gasteiger partial charge in [0, 0.05) is 13.0 Å². The van der Waals surface area contributed by atoms with Gasteiger partial charge >= 0.3 is 5.97 Å². The van der Waals surface area contributed by atoms with Crippen molar-refractivity contribution >= 4 is 5.97 Å². The van der Waals surface area contributed by atoms with E-state index in [0.717, 1.165) is 25.7 Å². The van der Waals surface area contributed by atoms with Gasteiger partial charge in [0.15, 0.2) is 0 Å². The van der Waals surface area contributed by atoms with Crippen LogP contribution in [0.2, 0.25) is 0 Å². The molecular formula is C35H68O3. The Hall–Kier alpha value is -0.830. The number of allylic oxidation sites excluding steroid dienone is 2. The second-order valence-electron chi connectivity index (χ2n) is 11.6. The average molecular weight is 537 g/mol. The summed E-state index contributed by atoms with van der Waals surface area (Å²) in [4.78, 5) is 11.9. The summed E-state index contributed by atoms with van der Waals surface area (Å²) >= 11 is 0. The Balaban J connectivity index is 3.18. The third-order valence-corrected chi connectivity index (χ3v) is 7.71. The predicted molar refractivity (Wildman–Crippen MR) is 167 cm³/mol. The van der Waals surface area contributed by atoms with E-state index < -0.39 is 0 Å². The summed E-state index contributed by atoms with van der Waals surface area (Å²) in [6, 6.07) is 0. The number of aliphatic hydroxyl groups is 1. The van der Waals surface area contributed by atoms with Gasteiger partial charge in [0.05, 0.1) is 6.61 Å². The molecule has 1 N–H and O–H groups in total. The van der Waals surface area contributed by atoms with E-state index in [2.05, 4.69) is 19.1 Å². The molecule has 0 bridgehead atoms. The second-order valence-corrected chi connectivity index (χ2v) is 11.6. The van der Waals surface area contributed by atoms with Crippen LogP contribution < -0.4 is 0 Å². The smallest absolute Gasteiger partial charge is 0.305 e. The van der Waals surface area contributed by atoms with Gasteiger partial charge in [-0.25, -0.2) is 0 Å². The average Bonchev–Trinajstić information content (AvgIpc) is 2.92. The number of carbonyl (C=O) groups excluding carboxylic acids is 1. The molecule has 0 aromatic heterocycles. The molecule has 0 amide bonds. The summed E-state index contributed by atoms with van der Waals surface area (Å²) in [6.07, 6.45) is 41.3. The molecule has 226 valence electrons. The molecule has 0 rings (SSSR count). The summed E-state index contributed by atoms with van der Waals surface area (Å²) in [7, 11) is 0. The third-order valence-electron chi connectivity index (χ3n) is 7.71. The van der Waals surface area contributed by atoms with E-state index >= 15 is 0 Å². The minimum atomic E-state index is 0.00843. The SMILES string of the molecule is CCCCCCCCC=CCCCCCCCCCC(=O)OCCCCCCCCCCCCCCCO. The molecule has 0 atom stereocenters. The molecule has 0 saturated heterocycles. The highest BCUT2D eigenvalue weighted by atomic mass is 16.5. The Labute approximate surface area is 239 Å². The van der Waals surface area contributed by atoms with Crippen molar-refractivity contribution in [3.63, 3.8) is 0 Å². The number of unbranched alkanes of at least 4 members (excludes halogenated alkanes) is 25. The number of esters is 1. The monoisotopic (exact) mass is 537 g/mol. The zero-order chi connectivity index (χ0) is 27.6. The number of hydrogen-bond donors (Lipinski definition) is 1. The molecule has 0 saturated carbocycles. The Kier molecular flexibility index (Phi) is 33.5. The van der Waals surface area contributed by atoms with Gasteiger partial charge in [-0.15, -0.1) is 0 Å². The summed E-state index contributed by atoms with van der Waals surface area (Å²) in [6.45, 7) is 3.24. The van der Waals surface area contributed by atoms with Gasteiger partial charge < -0.3 is 9.84 Å². The molecule has 0 fully saturated rings. The Morgan fingerprint density at radius 3 is 1.32 bits per heavy atom. The van der Waals surface area contributed by atoms with Gasteiger partial charge in [0.2, 0.25) is 0 Å². The molecule has 0 aromatic carbocycles. The molecular weight excluding hydrogens is 468 g/mol. The first kappa shape index (κ1) is 37.2. The first-order valence-electron chi connectivity index (χ1n) is 17.2. The van der Waals surface area contributed by atoms with Gasteiger partial charge in [-0.3, -0.25) is 4.79 Å². The van der Waals surface area contributed by atoms with Crippen LogP contribution in [-0.2, 0) is 9.53 Å². The zero-order valence-electron chi connectivity index (χ0n) is 25.8. The molecule has 38 heavy (non-hydrogen) atoms. The lowest BCUT2D eigenvalue weighted by Gasteiger charge is -2.06. The minimum Gasteiger partial charge on any atom is -0.466 e. The van der Waals surface area contributed by atoms with Crippen LogP contribution in [0.1, 0.15) is 193 Å².